The SMILES string of the molecule is COc1c(NCCOc2cccc(N)c2)nc[nH]c1=O. The Kier molecular flexibility index (Phi) is 4.43. The smallest absolute Gasteiger partial charge is 0.295 e. The molecule has 0 aliphatic carbocycles. The molecule has 0 aliphatic heterocycles. The van der Waals surface area contributed by atoms with Gasteiger partial charge in [-0.3, -0.25) is 4.79 Å². The van der Waals surface area contributed by atoms with Crippen molar-refractivity contribution in [3.63, 3.8) is 0 Å². The van der Waals surface area contributed by atoms with E-state index in [9.17, 15) is 4.79 Å². The van der Waals surface area contributed by atoms with Crippen LogP contribution in [0, 0.1) is 0 Å². The largest absolute Gasteiger partial charge is 0.492 e. The van der Waals surface area contributed by atoms with Gasteiger partial charge in [0.25, 0.3) is 5.56 Å². The van der Waals surface area contributed by atoms with Crippen LogP contribution in [-0.4, -0.2) is 30.2 Å². The van der Waals surface area contributed by atoms with Crippen molar-refractivity contribution in [1.29, 1.82) is 0 Å². The molecule has 7 nitrogen and oxygen atoms in total. The fourth-order valence-electron chi connectivity index (χ4n) is 1.65. The molecular weight excluding hydrogens is 260 g/mol. The monoisotopic (exact) mass is 276 g/mol. The van der Waals surface area contributed by atoms with Gasteiger partial charge in [0.05, 0.1) is 20.0 Å². The van der Waals surface area contributed by atoms with Crippen molar-refractivity contribution in [3.8, 4) is 11.5 Å². The highest BCUT2D eigenvalue weighted by Gasteiger charge is 2.07. The second kappa shape index (κ2) is 6.46. The number of hydrogen-bond donors (Lipinski definition) is 3. The third-order valence-corrected chi connectivity index (χ3v) is 2.54. The van der Waals surface area contributed by atoms with E-state index in [0.29, 0.717) is 30.4 Å². The van der Waals surface area contributed by atoms with Gasteiger partial charge < -0.3 is 25.5 Å². The number of benzene rings is 1. The molecule has 0 radical (unpaired) electrons. The number of anilines is 2. The van der Waals surface area contributed by atoms with Crippen LogP contribution in [0.15, 0.2) is 35.4 Å². The lowest BCUT2D eigenvalue weighted by atomic mass is 10.3. The van der Waals surface area contributed by atoms with E-state index in [1.54, 1.807) is 12.1 Å². The van der Waals surface area contributed by atoms with Crippen LogP contribution in [0.4, 0.5) is 11.5 Å². The summed E-state index contributed by atoms with van der Waals surface area (Å²) in [5.41, 5.74) is 5.96. The standard InChI is InChI=1S/C13H16N4O3/c1-19-11-12(16-8-17-13(11)18)15-5-6-20-10-4-2-3-9(14)7-10/h2-4,7-8H,5-6,14H2,1H3,(H2,15,16,17,18). The van der Waals surface area contributed by atoms with E-state index in [1.165, 1.54) is 13.4 Å². The number of rotatable bonds is 6. The second-order valence-corrected chi connectivity index (χ2v) is 3.96. The van der Waals surface area contributed by atoms with E-state index < -0.39 is 0 Å². The molecule has 1 heterocycles. The Morgan fingerprint density at radius 3 is 3.05 bits per heavy atom. The fraction of sp³-hybridized carbons (Fsp3) is 0.231. The van der Waals surface area contributed by atoms with Crippen LogP contribution >= 0.6 is 0 Å². The van der Waals surface area contributed by atoms with Crippen LogP contribution in [0.2, 0.25) is 0 Å². The molecule has 0 atom stereocenters. The molecule has 0 aliphatic rings. The molecule has 106 valence electrons. The predicted octanol–water partition coefficient (Wildman–Crippen LogP) is 0.852. The predicted molar refractivity (Wildman–Crippen MR) is 76.2 cm³/mol. The summed E-state index contributed by atoms with van der Waals surface area (Å²) < 4.78 is 10.5. The van der Waals surface area contributed by atoms with Crippen molar-refractivity contribution in [2.45, 2.75) is 0 Å². The molecule has 4 N–H and O–H groups in total. The van der Waals surface area contributed by atoms with E-state index in [2.05, 4.69) is 15.3 Å². The zero-order valence-electron chi connectivity index (χ0n) is 11.1. The molecule has 0 unspecified atom stereocenters. The summed E-state index contributed by atoms with van der Waals surface area (Å²) in [4.78, 5) is 17.9. The minimum atomic E-state index is -0.332. The Morgan fingerprint density at radius 2 is 2.30 bits per heavy atom. The molecule has 2 aromatic rings. The highest BCUT2D eigenvalue weighted by molar-refractivity contribution is 5.47. The fourth-order valence-corrected chi connectivity index (χ4v) is 1.65. The lowest BCUT2D eigenvalue weighted by molar-refractivity contribution is 0.332. The van der Waals surface area contributed by atoms with Crippen LogP contribution in [0.1, 0.15) is 0 Å². The Bertz CT molecular complexity index is 627. The third-order valence-electron chi connectivity index (χ3n) is 2.54. The topological polar surface area (TPSA) is 102 Å². The molecule has 0 saturated heterocycles. The summed E-state index contributed by atoms with van der Waals surface area (Å²) >= 11 is 0. The first kappa shape index (κ1) is 13.7. The van der Waals surface area contributed by atoms with Gasteiger partial charge in [-0.15, -0.1) is 0 Å². The lowest BCUT2D eigenvalue weighted by Gasteiger charge is -2.10. The molecular formula is C13H16N4O3. The molecule has 0 bridgehead atoms. The zero-order chi connectivity index (χ0) is 14.4. The number of nitrogens with zero attached hydrogens (tertiary/aromatic N) is 1. The normalized spacial score (nSPS) is 10.1. The molecule has 0 amide bonds. The second-order valence-electron chi connectivity index (χ2n) is 3.96. The van der Waals surface area contributed by atoms with Crippen LogP contribution < -0.4 is 26.1 Å². The molecule has 7 heteroatoms. The number of hydrogen-bond acceptors (Lipinski definition) is 6. The number of nitrogen functional groups attached to an aromatic ring is 1. The van der Waals surface area contributed by atoms with Gasteiger partial charge in [-0.1, -0.05) is 6.07 Å². The van der Waals surface area contributed by atoms with Gasteiger partial charge in [0, 0.05) is 11.8 Å². The van der Waals surface area contributed by atoms with Gasteiger partial charge >= 0.3 is 0 Å². The molecule has 0 fully saturated rings. The highest BCUT2D eigenvalue weighted by atomic mass is 16.5. The number of ether oxygens (including phenoxy) is 2. The van der Waals surface area contributed by atoms with Gasteiger partial charge in [-0.05, 0) is 12.1 Å². The highest BCUT2D eigenvalue weighted by Crippen LogP contribution is 2.15. The average molecular weight is 276 g/mol. The van der Waals surface area contributed by atoms with Gasteiger partial charge in [0.2, 0.25) is 5.75 Å². The summed E-state index contributed by atoms with van der Waals surface area (Å²) in [6.07, 6.45) is 1.31. The van der Waals surface area contributed by atoms with E-state index in [-0.39, 0.29) is 11.3 Å². The first-order chi connectivity index (χ1) is 9.70. The summed E-state index contributed by atoms with van der Waals surface area (Å²) in [7, 11) is 1.42. The van der Waals surface area contributed by atoms with Crippen molar-refractivity contribution in [2.24, 2.45) is 0 Å². The first-order valence-corrected chi connectivity index (χ1v) is 6.04. The van der Waals surface area contributed by atoms with E-state index in [1.807, 2.05) is 12.1 Å². The summed E-state index contributed by atoms with van der Waals surface area (Å²) in [6, 6.07) is 7.17. The maximum absolute atomic E-state index is 11.5. The maximum atomic E-state index is 11.5. The number of nitrogens with two attached hydrogens (primary N) is 1. The van der Waals surface area contributed by atoms with Crippen molar-refractivity contribution in [2.75, 3.05) is 31.3 Å². The van der Waals surface area contributed by atoms with E-state index >= 15 is 0 Å². The van der Waals surface area contributed by atoms with Crippen molar-refractivity contribution >= 4 is 11.5 Å². The summed E-state index contributed by atoms with van der Waals surface area (Å²) in [5.74, 6) is 1.22. The summed E-state index contributed by atoms with van der Waals surface area (Å²) in [5, 5.41) is 2.98. The van der Waals surface area contributed by atoms with Gasteiger partial charge in [0.15, 0.2) is 5.82 Å². The first-order valence-electron chi connectivity index (χ1n) is 6.04. The number of nitrogens with one attached hydrogen (secondary N) is 2. The molecule has 0 saturated carbocycles. The Labute approximate surface area is 115 Å². The molecule has 1 aromatic heterocycles. The van der Waals surface area contributed by atoms with Gasteiger partial charge in [-0.25, -0.2) is 4.98 Å². The average Bonchev–Trinajstić information content (AvgIpc) is 2.44. The van der Waals surface area contributed by atoms with Gasteiger partial charge in [0.1, 0.15) is 12.4 Å². The van der Waals surface area contributed by atoms with Crippen molar-refractivity contribution in [3.05, 3.63) is 40.9 Å². The summed E-state index contributed by atoms with van der Waals surface area (Å²) in [6.45, 7) is 0.878. The van der Waals surface area contributed by atoms with Crippen molar-refractivity contribution < 1.29 is 9.47 Å². The molecule has 0 spiro atoms. The van der Waals surface area contributed by atoms with Crippen LogP contribution in [-0.2, 0) is 0 Å². The number of aromatic amines is 1. The van der Waals surface area contributed by atoms with Crippen LogP contribution in [0.3, 0.4) is 0 Å². The quantitative estimate of drug-likeness (QED) is 0.534. The Hall–Kier alpha value is -2.70. The van der Waals surface area contributed by atoms with E-state index in [0.717, 1.165) is 0 Å². The van der Waals surface area contributed by atoms with Crippen molar-refractivity contribution in [1.82, 2.24) is 9.97 Å². The van der Waals surface area contributed by atoms with Crippen LogP contribution in [0.25, 0.3) is 0 Å². The molecule has 20 heavy (non-hydrogen) atoms. The molecule has 1 aromatic carbocycles. The Balaban J connectivity index is 1.88. The number of aromatic nitrogens is 2. The van der Waals surface area contributed by atoms with Gasteiger partial charge in [-0.2, -0.15) is 0 Å². The molecule has 2 rings (SSSR count). The zero-order valence-corrected chi connectivity index (χ0v) is 11.1. The number of methoxy groups -OCH3 is 1. The Morgan fingerprint density at radius 1 is 1.45 bits per heavy atom. The van der Waals surface area contributed by atoms with E-state index in [4.69, 9.17) is 15.2 Å². The maximum Gasteiger partial charge on any atom is 0.295 e. The third kappa shape index (κ3) is 3.41. The minimum absolute atomic E-state index is 0.149. The lowest BCUT2D eigenvalue weighted by Crippen LogP contribution is -2.17. The van der Waals surface area contributed by atoms with Crippen LogP contribution in [0.5, 0.6) is 11.5 Å². The number of H-pyrrole nitrogens is 1. The minimum Gasteiger partial charge on any atom is -0.492 e.